The largest absolute Gasteiger partial charge is 0.492 e. The molecule has 134 valence electrons. The van der Waals surface area contributed by atoms with Crippen LogP contribution in [0.1, 0.15) is 44.2 Å². The monoisotopic (exact) mass is 340 g/mol. The highest BCUT2D eigenvalue weighted by atomic mass is 16.5. The fourth-order valence-electron chi connectivity index (χ4n) is 2.78. The Hall–Kier alpha value is -2.49. The minimum atomic E-state index is -0.0284. The predicted molar refractivity (Wildman–Crippen MR) is 105 cm³/mol. The van der Waals surface area contributed by atoms with Gasteiger partial charge in [-0.05, 0) is 43.0 Å². The summed E-state index contributed by atoms with van der Waals surface area (Å²) in [7, 11) is 0. The molecule has 0 aliphatic rings. The first-order valence-electron chi connectivity index (χ1n) is 8.88. The number of ether oxygens (including phenoxy) is 1. The Kier molecular flexibility index (Phi) is 6.87. The summed E-state index contributed by atoms with van der Waals surface area (Å²) in [6, 6.07) is 13.8. The highest BCUT2D eigenvalue weighted by Crippen LogP contribution is 2.27. The molecule has 0 aromatic heterocycles. The first-order chi connectivity index (χ1) is 12.0. The van der Waals surface area contributed by atoms with Crippen molar-refractivity contribution < 1.29 is 9.53 Å². The Morgan fingerprint density at radius 1 is 1.12 bits per heavy atom. The van der Waals surface area contributed by atoms with E-state index in [1.165, 1.54) is 11.1 Å². The quantitative estimate of drug-likeness (QED) is 0.714. The van der Waals surface area contributed by atoms with Crippen LogP contribution in [0.5, 0.6) is 5.75 Å². The van der Waals surface area contributed by atoms with Gasteiger partial charge in [0.15, 0.2) is 0 Å². The van der Waals surface area contributed by atoms with E-state index < -0.39 is 0 Å². The molecule has 0 saturated heterocycles. The van der Waals surface area contributed by atoms with Gasteiger partial charge in [0.05, 0.1) is 12.3 Å². The second kappa shape index (κ2) is 9.11. The third-order valence-electron chi connectivity index (χ3n) is 4.04. The third-order valence-corrected chi connectivity index (χ3v) is 4.04. The molecule has 0 aliphatic carbocycles. The molecule has 0 unspecified atom stereocenters. The van der Waals surface area contributed by atoms with Crippen LogP contribution in [0.25, 0.3) is 0 Å². The highest BCUT2D eigenvalue weighted by Gasteiger charge is 2.10. The van der Waals surface area contributed by atoms with Crippen LogP contribution >= 0.6 is 0 Å². The van der Waals surface area contributed by atoms with Gasteiger partial charge in [-0.15, -0.1) is 0 Å². The second-order valence-electron chi connectivity index (χ2n) is 6.35. The van der Waals surface area contributed by atoms with Gasteiger partial charge in [-0.2, -0.15) is 0 Å². The van der Waals surface area contributed by atoms with E-state index in [4.69, 9.17) is 4.74 Å². The minimum absolute atomic E-state index is 0.0284. The van der Waals surface area contributed by atoms with Gasteiger partial charge in [0.25, 0.3) is 0 Å². The molecule has 0 bridgehead atoms. The Balaban J connectivity index is 1.94. The number of hydrogen-bond acceptors (Lipinski definition) is 3. The van der Waals surface area contributed by atoms with Crippen LogP contribution in [0, 0.1) is 6.92 Å². The first-order valence-corrected chi connectivity index (χ1v) is 8.88. The van der Waals surface area contributed by atoms with Crippen molar-refractivity contribution in [2.24, 2.45) is 0 Å². The molecular weight excluding hydrogens is 312 g/mol. The molecule has 0 fully saturated rings. The number of aryl methyl sites for hydroxylation is 1. The lowest BCUT2D eigenvalue weighted by Crippen LogP contribution is -2.17. The SMILES string of the molecule is CCOc1ccccc1NC(=O)CCNc1c(C)cccc1C(C)C. The number of para-hydroxylation sites is 3. The maximum atomic E-state index is 12.3. The molecule has 25 heavy (non-hydrogen) atoms. The van der Waals surface area contributed by atoms with Crippen LogP contribution in [0.2, 0.25) is 0 Å². The molecule has 4 nitrogen and oxygen atoms in total. The summed E-state index contributed by atoms with van der Waals surface area (Å²) >= 11 is 0. The molecule has 0 heterocycles. The van der Waals surface area contributed by atoms with Crippen molar-refractivity contribution in [3.05, 3.63) is 53.6 Å². The van der Waals surface area contributed by atoms with Crippen LogP contribution in [0.3, 0.4) is 0 Å². The maximum absolute atomic E-state index is 12.3. The van der Waals surface area contributed by atoms with Gasteiger partial charge in [-0.3, -0.25) is 4.79 Å². The van der Waals surface area contributed by atoms with Crippen LogP contribution in [0.15, 0.2) is 42.5 Å². The number of rotatable bonds is 8. The number of anilines is 2. The molecule has 2 rings (SSSR count). The first kappa shape index (κ1) is 18.8. The number of carbonyl (C=O) groups excluding carboxylic acids is 1. The topological polar surface area (TPSA) is 50.4 Å². The smallest absolute Gasteiger partial charge is 0.226 e. The molecule has 0 atom stereocenters. The van der Waals surface area contributed by atoms with E-state index in [1.807, 2.05) is 31.2 Å². The van der Waals surface area contributed by atoms with Gasteiger partial charge in [0.1, 0.15) is 5.75 Å². The second-order valence-corrected chi connectivity index (χ2v) is 6.35. The molecule has 2 aromatic rings. The van der Waals surface area contributed by atoms with E-state index in [0.29, 0.717) is 36.9 Å². The van der Waals surface area contributed by atoms with Gasteiger partial charge in [-0.1, -0.05) is 44.2 Å². The molecule has 2 aromatic carbocycles. The van der Waals surface area contributed by atoms with Crippen LogP contribution < -0.4 is 15.4 Å². The Morgan fingerprint density at radius 3 is 2.60 bits per heavy atom. The fraction of sp³-hybridized carbons (Fsp3) is 0.381. The summed E-state index contributed by atoms with van der Waals surface area (Å²) in [6.45, 7) is 9.53. The molecule has 1 amide bonds. The molecular formula is C21H28N2O2. The molecule has 4 heteroatoms. The van der Waals surface area contributed by atoms with Crippen molar-refractivity contribution in [3.8, 4) is 5.75 Å². The average Bonchev–Trinajstić information content (AvgIpc) is 2.58. The van der Waals surface area contributed by atoms with E-state index in [0.717, 1.165) is 5.69 Å². The van der Waals surface area contributed by atoms with Gasteiger partial charge in [0, 0.05) is 18.7 Å². The molecule has 0 spiro atoms. The van der Waals surface area contributed by atoms with Crippen LogP contribution in [0.4, 0.5) is 11.4 Å². The van der Waals surface area contributed by atoms with Gasteiger partial charge in [0.2, 0.25) is 5.91 Å². The molecule has 2 N–H and O–H groups in total. The van der Waals surface area contributed by atoms with Gasteiger partial charge < -0.3 is 15.4 Å². The summed E-state index contributed by atoms with van der Waals surface area (Å²) in [5, 5.41) is 6.36. The summed E-state index contributed by atoms with van der Waals surface area (Å²) in [6.07, 6.45) is 0.395. The fourth-order valence-corrected chi connectivity index (χ4v) is 2.78. The van der Waals surface area contributed by atoms with E-state index in [2.05, 4.69) is 49.6 Å². The Bertz CT molecular complexity index is 711. The number of benzene rings is 2. The molecule has 0 radical (unpaired) electrons. The van der Waals surface area contributed by atoms with Crippen molar-refractivity contribution in [1.29, 1.82) is 0 Å². The van der Waals surface area contributed by atoms with Gasteiger partial charge >= 0.3 is 0 Å². The van der Waals surface area contributed by atoms with Crippen LogP contribution in [-0.4, -0.2) is 19.1 Å². The standard InChI is InChI=1S/C21H28N2O2/c1-5-25-19-12-7-6-11-18(19)23-20(24)13-14-22-21-16(4)9-8-10-17(21)15(2)3/h6-12,15,22H,5,13-14H2,1-4H3,(H,23,24). The molecule has 0 saturated carbocycles. The van der Waals surface area contributed by atoms with Crippen molar-refractivity contribution in [2.75, 3.05) is 23.8 Å². The lowest BCUT2D eigenvalue weighted by atomic mass is 9.98. The van der Waals surface area contributed by atoms with Crippen LogP contribution in [-0.2, 0) is 4.79 Å². The Labute approximate surface area is 150 Å². The van der Waals surface area contributed by atoms with E-state index in [9.17, 15) is 4.79 Å². The zero-order chi connectivity index (χ0) is 18.2. The Morgan fingerprint density at radius 2 is 1.88 bits per heavy atom. The maximum Gasteiger partial charge on any atom is 0.226 e. The van der Waals surface area contributed by atoms with Gasteiger partial charge in [-0.25, -0.2) is 0 Å². The highest BCUT2D eigenvalue weighted by molar-refractivity contribution is 5.92. The number of nitrogens with one attached hydrogen (secondary N) is 2. The van der Waals surface area contributed by atoms with E-state index in [-0.39, 0.29) is 5.91 Å². The zero-order valence-electron chi connectivity index (χ0n) is 15.6. The van der Waals surface area contributed by atoms with Crippen molar-refractivity contribution in [1.82, 2.24) is 0 Å². The predicted octanol–water partition coefficient (Wildman–Crippen LogP) is 4.96. The lowest BCUT2D eigenvalue weighted by Gasteiger charge is -2.17. The minimum Gasteiger partial charge on any atom is -0.492 e. The number of hydrogen-bond donors (Lipinski definition) is 2. The lowest BCUT2D eigenvalue weighted by molar-refractivity contribution is -0.116. The summed E-state index contributed by atoms with van der Waals surface area (Å²) in [5.74, 6) is 1.11. The molecule has 0 aliphatic heterocycles. The van der Waals surface area contributed by atoms with Crippen molar-refractivity contribution >= 4 is 17.3 Å². The van der Waals surface area contributed by atoms with Crippen molar-refractivity contribution in [2.45, 2.75) is 40.0 Å². The third kappa shape index (κ3) is 5.24. The van der Waals surface area contributed by atoms with E-state index >= 15 is 0 Å². The summed E-state index contributed by atoms with van der Waals surface area (Å²) in [4.78, 5) is 12.3. The zero-order valence-corrected chi connectivity index (χ0v) is 15.6. The average molecular weight is 340 g/mol. The summed E-state index contributed by atoms with van der Waals surface area (Å²) in [5.41, 5.74) is 4.34. The van der Waals surface area contributed by atoms with Crippen molar-refractivity contribution in [3.63, 3.8) is 0 Å². The normalized spacial score (nSPS) is 10.6. The number of amides is 1. The summed E-state index contributed by atoms with van der Waals surface area (Å²) < 4.78 is 5.54. The number of carbonyl (C=O) groups is 1. The van der Waals surface area contributed by atoms with E-state index in [1.54, 1.807) is 0 Å².